The van der Waals surface area contributed by atoms with E-state index in [2.05, 4.69) is 4.98 Å². The lowest BCUT2D eigenvalue weighted by atomic mass is 9.82. The van der Waals surface area contributed by atoms with E-state index in [0.717, 1.165) is 36.6 Å². The fourth-order valence-corrected chi connectivity index (χ4v) is 3.04. The number of hydrogen-bond acceptors (Lipinski definition) is 1. The molecule has 0 aliphatic heterocycles. The molecule has 0 atom stereocenters. The van der Waals surface area contributed by atoms with Crippen molar-refractivity contribution < 1.29 is 9.13 Å². The van der Waals surface area contributed by atoms with E-state index in [4.69, 9.17) is 4.74 Å². The summed E-state index contributed by atoms with van der Waals surface area (Å²) in [7, 11) is 1.70. The average molecular weight is 259 g/mol. The van der Waals surface area contributed by atoms with Gasteiger partial charge in [-0.3, -0.25) is 0 Å². The highest BCUT2D eigenvalue weighted by Crippen LogP contribution is 2.38. The van der Waals surface area contributed by atoms with Gasteiger partial charge >= 0.3 is 0 Å². The Balaban J connectivity index is 1.86. The highest BCUT2D eigenvalue weighted by atomic mass is 19.1. The van der Waals surface area contributed by atoms with Gasteiger partial charge in [0, 0.05) is 17.1 Å². The molecule has 2 nitrogen and oxygen atoms in total. The third-order valence-corrected chi connectivity index (χ3v) is 4.03. The molecular weight excluding hydrogens is 241 g/mol. The first kappa shape index (κ1) is 12.3. The Kier molecular flexibility index (Phi) is 3.28. The summed E-state index contributed by atoms with van der Waals surface area (Å²) in [6.07, 6.45) is 8.27. The molecule has 0 unspecified atom stereocenters. The fraction of sp³-hybridized carbons (Fsp3) is 0.375. The number of methoxy groups -OCH3 is 1. The highest BCUT2D eigenvalue weighted by molar-refractivity contribution is 5.83. The number of rotatable bonds is 2. The Hall–Kier alpha value is -1.77. The molecule has 0 spiro atoms. The number of nitrogens with one attached hydrogen (secondary N) is 1. The van der Waals surface area contributed by atoms with Crippen LogP contribution >= 0.6 is 0 Å². The van der Waals surface area contributed by atoms with Crippen LogP contribution in [0, 0.1) is 5.82 Å². The van der Waals surface area contributed by atoms with E-state index < -0.39 is 0 Å². The molecule has 3 rings (SSSR count). The molecular formula is C16H18FNO. The van der Waals surface area contributed by atoms with Crippen molar-refractivity contribution in [3.8, 4) is 0 Å². The monoisotopic (exact) mass is 259 g/mol. The maximum Gasteiger partial charge on any atom is 0.123 e. The third kappa shape index (κ3) is 2.37. The van der Waals surface area contributed by atoms with Crippen molar-refractivity contribution in [1.29, 1.82) is 0 Å². The van der Waals surface area contributed by atoms with Gasteiger partial charge in [0.1, 0.15) is 5.82 Å². The minimum atomic E-state index is -0.163. The van der Waals surface area contributed by atoms with Gasteiger partial charge in [-0.1, -0.05) is 0 Å². The molecule has 19 heavy (non-hydrogen) atoms. The van der Waals surface area contributed by atoms with Crippen LogP contribution in [-0.2, 0) is 4.74 Å². The molecule has 1 N–H and O–H groups in total. The summed E-state index contributed by atoms with van der Waals surface area (Å²) in [6, 6.07) is 4.96. The van der Waals surface area contributed by atoms with E-state index >= 15 is 0 Å². The second kappa shape index (κ2) is 5.08. The molecule has 100 valence electrons. The maximum absolute atomic E-state index is 13.4. The summed E-state index contributed by atoms with van der Waals surface area (Å²) in [5.74, 6) is 0.355. The van der Waals surface area contributed by atoms with E-state index in [1.807, 2.05) is 18.5 Å². The number of ether oxygens (including phenoxy) is 1. The number of hydrogen-bond donors (Lipinski definition) is 1. The van der Waals surface area contributed by atoms with Crippen LogP contribution in [0.25, 0.3) is 10.9 Å². The van der Waals surface area contributed by atoms with Crippen LogP contribution in [0.5, 0.6) is 0 Å². The molecule has 0 amide bonds. The molecule has 1 aromatic heterocycles. The lowest BCUT2D eigenvalue weighted by molar-refractivity contribution is 0.326. The molecule has 0 radical (unpaired) electrons. The Morgan fingerprint density at radius 2 is 2.11 bits per heavy atom. The first-order valence-electron chi connectivity index (χ1n) is 6.75. The number of aromatic nitrogens is 1. The number of aromatic amines is 1. The predicted molar refractivity (Wildman–Crippen MR) is 74.6 cm³/mol. The van der Waals surface area contributed by atoms with Gasteiger partial charge in [-0.25, -0.2) is 4.39 Å². The van der Waals surface area contributed by atoms with Crippen LogP contribution in [-0.4, -0.2) is 12.1 Å². The lowest BCUT2D eigenvalue weighted by Crippen LogP contribution is -2.06. The van der Waals surface area contributed by atoms with Crippen LogP contribution < -0.4 is 0 Å². The molecule has 2 aromatic rings. The minimum absolute atomic E-state index is 0.163. The fourth-order valence-electron chi connectivity index (χ4n) is 3.04. The normalized spacial score (nSPS) is 19.7. The van der Waals surface area contributed by atoms with Gasteiger partial charge in [-0.15, -0.1) is 0 Å². The molecule has 1 aliphatic carbocycles. The third-order valence-electron chi connectivity index (χ3n) is 4.03. The second-order valence-electron chi connectivity index (χ2n) is 5.22. The Labute approximate surface area is 112 Å². The van der Waals surface area contributed by atoms with E-state index in [1.165, 1.54) is 17.2 Å². The molecule has 0 bridgehead atoms. The van der Waals surface area contributed by atoms with E-state index in [-0.39, 0.29) is 5.82 Å². The topological polar surface area (TPSA) is 25.0 Å². The smallest absolute Gasteiger partial charge is 0.123 e. The van der Waals surface area contributed by atoms with Gasteiger partial charge in [0.25, 0.3) is 0 Å². The van der Waals surface area contributed by atoms with Gasteiger partial charge in [-0.2, -0.15) is 0 Å². The SMILES string of the molecule is COC=C1CCC(c2c[nH]c3ccc(F)cc23)CC1. The van der Waals surface area contributed by atoms with Crippen molar-refractivity contribution in [2.75, 3.05) is 7.11 Å². The standard InChI is InChI=1S/C16H18FNO/c1-19-10-11-2-4-12(5-3-11)15-9-18-16-7-6-13(17)8-14(15)16/h6-10,12,18H,2-5H2,1H3. The van der Waals surface area contributed by atoms with Crippen LogP contribution in [0.4, 0.5) is 4.39 Å². The van der Waals surface area contributed by atoms with Gasteiger partial charge in [0.15, 0.2) is 0 Å². The molecule has 1 saturated carbocycles. The molecule has 3 heteroatoms. The average Bonchev–Trinajstić information content (AvgIpc) is 2.83. The Morgan fingerprint density at radius 1 is 1.32 bits per heavy atom. The quantitative estimate of drug-likeness (QED) is 0.789. The zero-order valence-corrected chi connectivity index (χ0v) is 11.1. The van der Waals surface area contributed by atoms with Crippen LogP contribution in [0.15, 0.2) is 36.2 Å². The van der Waals surface area contributed by atoms with Crippen LogP contribution in [0.1, 0.15) is 37.2 Å². The van der Waals surface area contributed by atoms with E-state index in [0.29, 0.717) is 5.92 Å². The summed E-state index contributed by atoms with van der Waals surface area (Å²) >= 11 is 0. The first-order valence-corrected chi connectivity index (χ1v) is 6.75. The highest BCUT2D eigenvalue weighted by Gasteiger charge is 2.21. The second-order valence-corrected chi connectivity index (χ2v) is 5.22. The molecule has 1 fully saturated rings. The Bertz CT molecular complexity index is 604. The number of benzene rings is 1. The summed E-state index contributed by atoms with van der Waals surface area (Å²) in [5, 5.41) is 1.03. The number of H-pyrrole nitrogens is 1. The van der Waals surface area contributed by atoms with Crippen molar-refractivity contribution in [3.05, 3.63) is 47.6 Å². The van der Waals surface area contributed by atoms with Gasteiger partial charge in [0.2, 0.25) is 0 Å². The lowest BCUT2D eigenvalue weighted by Gasteiger charge is -2.23. The Morgan fingerprint density at radius 3 is 2.84 bits per heavy atom. The number of allylic oxidation sites excluding steroid dienone is 1. The molecule has 1 heterocycles. The number of halogens is 1. The first-order chi connectivity index (χ1) is 9.28. The minimum Gasteiger partial charge on any atom is -0.504 e. The van der Waals surface area contributed by atoms with E-state index in [9.17, 15) is 4.39 Å². The summed E-state index contributed by atoms with van der Waals surface area (Å²) < 4.78 is 18.5. The maximum atomic E-state index is 13.4. The van der Waals surface area contributed by atoms with Crippen molar-refractivity contribution in [2.45, 2.75) is 31.6 Å². The van der Waals surface area contributed by atoms with Crippen molar-refractivity contribution >= 4 is 10.9 Å². The summed E-state index contributed by atoms with van der Waals surface area (Å²) in [5.41, 5.74) is 3.66. The number of fused-ring (bicyclic) bond motifs is 1. The van der Waals surface area contributed by atoms with Crippen LogP contribution in [0.3, 0.4) is 0 Å². The zero-order chi connectivity index (χ0) is 13.2. The zero-order valence-electron chi connectivity index (χ0n) is 11.1. The molecule has 1 aromatic carbocycles. The van der Waals surface area contributed by atoms with Crippen molar-refractivity contribution in [1.82, 2.24) is 4.98 Å². The predicted octanol–water partition coefficient (Wildman–Crippen LogP) is 4.49. The summed E-state index contributed by atoms with van der Waals surface area (Å²) in [6.45, 7) is 0. The van der Waals surface area contributed by atoms with Crippen molar-refractivity contribution in [3.63, 3.8) is 0 Å². The molecule has 1 aliphatic rings. The van der Waals surface area contributed by atoms with Crippen molar-refractivity contribution in [2.24, 2.45) is 0 Å². The van der Waals surface area contributed by atoms with Gasteiger partial charge in [0.05, 0.1) is 13.4 Å². The van der Waals surface area contributed by atoms with E-state index in [1.54, 1.807) is 13.2 Å². The van der Waals surface area contributed by atoms with Crippen LogP contribution in [0.2, 0.25) is 0 Å². The molecule has 0 saturated heterocycles. The largest absolute Gasteiger partial charge is 0.504 e. The summed E-state index contributed by atoms with van der Waals surface area (Å²) in [4.78, 5) is 3.24. The van der Waals surface area contributed by atoms with Gasteiger partial charge in [-0.05, 0) is 60.9 Å². The van der Waals surface area contributed by atoms with Gasteiger partial charge < -0.3 is 9.72 Å².